The van der Waals surface area contributed by atoms with E-state index >= 15 is 0 Å². The molecule has 12 heavy (non-hydrogen) atoms. The van der Waals surface area contributed by atoms with Crippen LogP contribution in [0.5, 0.6) is 0 Å². The lowest BCUT2D eigenvalue weighted by molar-refractivity contribution is 0.868. The van der Waals surface area contributed by atoms with Crippen LogP contribution in [0.15, 0.2) is 18.2 Å². The highest BCUT2D eigenvalue weighted by atomic mass is 35.5. The van der Waals surface area contributed by atoms with Crippen molar-refractivity contribution in [3.63, 3.8) is 0 Å². The van der Waals surface area contributed by atoms with Crippen molar-refractivity contribution in [3.05, 3.63) is 28.8 Å². The van der Waals surface area contributed by atoms with Gasteiger partial charge in [0, 0.05) is 23.8 Å². The van der Waals surface area contributed by atoms with Crippen molar-refractivity contribution >= 4 is 17.3 Å². The van der Waals surface area contributed by atoms with Crippen LogP contribution in [0.4, 0.5) is 5.69 Å². The van der Waals surface area contributed by atoms with Crippen molar-refractivity contribution < 1.29 is 0 Å². The number of rotatable bonds is 1. The molecular formula is C10H12ClN. The minimum absolute atomic E-state index is 0.920. The average Bonchev–Trinajstić information content (AvgIpc) is 2.49. The Labute approximate surface area is 77.9 Å². The second kappa shape index (κ2) is 2.98. The summed E-state index contributed by atoms with van der Waals surface area (Å²) in [7, 11) is 0. The summed E-state index contributed by atoms with van der Waals surface area (Å²) in [6, 6.07) is 6.15. The molecule has 0 unspecified atom stereocenters. The van der Waals surface area contributed by atoms with Crippen molar-refractivity contribution in [1.29, 1.82) is 0 Å². The predicted molar refractivity (Wildman–Crippen MR) is 53.0 cm³/mol. The van der Waals surface area contributed by atoms with Gasteiger partial charge in [0.25, 0.3) is 0 Å². The van der Waals surface area contributed by atoms with Gasteiger partial charge in [-0.1, -0.05) is 17.7 Å². The Bertz CT molecular complexity index is 296. The first-order valence-corrected chi connectivity index (χ1v) is 4.73. The zero-order valence-electron chi connectivity index (χ0n) is 7.18. The smallest absolute Gasteiger partial charge is 0.0459 e. The largest absolute Gasteiger partial charge is 0.371 e. The molecule has 1 nitrogen and oxygen atoms in total. The first-order chi connectivity index (χ1) is 5.83. The van der Waals surface area contributed by atoms with Crippen LogP contribution in [0.1, 0.15) is 12.5 Å². The lowest BCUT2D eigenvalue weighted by Gasteiger charge is -2.16. The molecule has 2 rings (SSSR count). The van der Waals surface area contributed by atoms with Crippen LogP contribution in [-0.4, -0.2) is 13.1 Å². The number of halogens is 1. The molecule has 1 aliphatic rings. The molecule has 0 amide bonds. The summed E-state index contributed by atoms with van der Waals surface area (Å²) in [6.07, 6.45) is 1.10. The van der Waals surface area contributed by atoms with Gasteiger partial charge in [-0.25, -0.2) is 0 Å². The average molecular weight is 182 g/mol. The first kappa shape index (κ1) is 7.93. The Morgan fingerprint density at radius 1 is 1.50 bits per heavy atom. The number of anilines is 1. The molecule has 0 saturated heterocycles. The second-order valence-electron chi connectivity index (χ2n) is 3.07. The maximum atomic E-state index is 6.07. The summed E-state index contributed by atoms with van der Waals surface area (Å²) in [6.45, 7) is 4.37. The zero-order chi connectivity index (χ0) is 8.55. The van der Waals surface area contributed by atoms with Crippen molar-refractivity contribution in [2.45, 2.75) is 13.3 Å². The number of fused-ring (bicyclic) bond motifs is 1. The van der Waals surface area contributed by atoms with Gasteiger partial charge >= 0.3 is 0 Å². The van der Waals surface area contributed by atoms with Gasteiger partial charge in [0.1, 0.15) is 0 Å². The molecular weight excluding hydrogens is 170 g/mol. The predicted octanol–water partition coefficient (Wildman–Crippen LogP) is 2.72. The Balaban J connectivity index is 2.46. The third-order valence-corrected chi connectivity index (χ3v) is 2.80. The molecule has 1 aromatic carbocycles. The van der Waals surface area contributed by atoms with Crippen LogP contribution >= 0.6 is 11.6 Å². The van der Waals surface area contributed by atoms with Gasteiger partial charge in [0.15, 0.2) is 0 Å². The fourth-order valence-electron chi connectivity index (χ4n) is 1.79. The summed E-state index contributed by atoms with van der Waals surface area (Å²) in [5, 5.41) is 0.920. The third-order valence-electron chi connectivity index (χ3n) is 2.45. The van der Waals surface area contributed by atoms with E-state index in [1.807, 2.05) is 12.1 Å². The molecule has 0 bridgehead atoms. The molecule has 1 heterocycles. The van der Waals surface area contributed by atoms with Gasteiger partial charge in [-0.3, -0.25) is 0 Å². The summed E-state index contributed by atoms with van der Waals surface area (Å²) >= 11 is 6.07. The molecule has 2 heteroatoms. The van der Waals surface area contributed by atoms with Gasteiger partial charge in [0.05, 0.1) is 0 Å². The highest BCUT2D eigenvalue weighted by Crippen LogP contribution is 2.32. The van der Waals surface area contributed by atoms with E-state index in [0.717, 1.165) is 24.5 Å². The Kier molecular flexibility index (Phi) is 1.97. The first-order valence-electron chi connectivity index (χ1n) is 4.35. The van der Waals surface area contributed by atoms with Crippen molar-refractivity contribution in [1.82, 2.24) is 0 Å². The van der Waals surface area contributed by atoms with E-state index in [1.165, 1.54) is 11.3 Å². The summed E-state index contributed by atoms with van der Waals surface area (Å²) in [4.78, 5) is 2.36. The monoisotopic (exact) mass is 181 g/mol. The van der Waals surface area contributed by atoms with Gasteiger partial charge in [-0.2, -0.15) is 0 Å². The number of benzene rings is 1. The van der Waals surface area contributed by atoms with E-state index in [2.05, 4.69) is 17.9 Å². The van der Waals surface area contributed by atoms with Crippen molar-refractivity contribution in [2.24, 2.45) is 0 Å². The van der Waals surface area contributed by atoms with Crippen LogP contribution < -0.4 is 4.90 Å². The molecule has 64 valence electrons. The molecule has 0 aliphatic carbocycles. The topological polar surface area (TPSA) is 3.24 Å². The normalized spacial score (nSPS) is 15.0. The maximum Gasteiger partial charge on any atom is 0.0459 e. The molecule has 0 atom stereocenters. The summed E-state index contributed by atoms with van der Waals surface area (Å²) < 4.78 is 0. The summed E-state index contributed by atoms with van der Waals surface area (Å²) in [5.74, 6) is 0. The third kappa shape index (κ3) is 1.09. The van der Waals surface area contributed by atoms with Crippen LogP contribution in [0, 0.1) is 0 Å². The maximum absolute atomic E-state index is 6.07. The molecule has 1 aliphatic heterocycles. The second-order valence-corrected chi connectivity index (χ2v) is 3.47. The lowest BCUT2D eigenvalue weighted by Crippen LogP contribution is -2.18. The minimum Gasteiger partial charge on any atom is -0.371 e. The van der Waals surface area contributed by atoms with Crippen molar-refractivity contribution in [3.8, 4) is 0 Å². The Hall–Kier alpha value is -0.690. The van der Waals surface area contributed by atoms with E-state index in [4.69, 9.17) is 11.6 Å². The van der Waals surface area contributed by atoms with E-state index < -0.39 is 0 Å². The van der Waals surface area contributed by atoms with Gasteiger partial charge in [-0.15, -0.1) is 0 Å². The molecule has 0 saturated carbocycles. The van der Waals surface area contributed by atoms with Gasteiger partial charge in [0.2, 0.25) is 0 Å². The Morgan fingerprint density at radius 2 is 2.33 bits per heavy atom. The number of likely N-dealkylation sites (N-methyl/N-ethyl adjacent to an activating group) is 1. The molecule has 0 fully saturated rings. The lowest BCUT2D eigenvalue weighted by atomic mass is 10.2. The molecule has 0 radical (unpaired) electrons. The van der Waals surface area contributed by atoms with Gasteiger partial charge < -0.3 is 4.90 Å². The van der Waals surface area contributed by atoms with Crippen molar-refractivity contribution in [2.75, 3.05) is 18.0 Å². The van der Waals surface area contributed by atoms with E-state index in [9.17, 15) is 0 Å². The highest BCUT2D eigenvalue weighted by molar-refractivity contribution is 6.31. The van der Waals surface area contributed by atoms with Crippen LogP contribution in [0.25, 0.3) is 0 Å². The van der Waals surface area contributed by atoms with Gasteiger partial charge in [-0.05, 0) is 31.0 Å². The van der Waals surface area contributed by atoms with Crippen LogP contribution in [0.3, 0.4) is 0 Å². The van der Waals surface area contributed by atoms with Crippen LogP contribution in [-0.2, 0) is 6.42 Å². The quantitative estimate of drug-likeness (QED) is 0.644. The SMILES string of the molecule is CCN1CCc2c(Cl)cccc21. The minimum atomic E-state index is 0.920. The summed E-state index contributed by atoms with van der Waals surface area (Å²) in [5.41, 5.74) is 2.64. The number of hydrogen-bond donors (Lipinski definition) is 0. The molecule has 0 aromatic heterocycles. The Morgan fingerprint density at radius 3 is 3.08 bits per heavy atom. The fraction of sp³-hybridized carbons (Fsp3) is 0.400. The number of nitrogens with zero attached hydrogens (tertiary/aromatic N) is 1. The van der Waals surface area contributed by atoms with E-state index in [0.29, 0.717) is 0 Å². The van der Waals surface area contributed by atoms with E-state index in [1.54, 1.807) is 0 Å². The fourth-order valence-corrected chi connectivity index (χ4v) is 2.05. The zero-order valence-corrected chi connectivity index (χ0v) is 7.93. The number of hydrogen-bond acceptors (Lipinski definition) is 1. The molecule has 0 spiro atoms. The molecule has 0 N–H and O–H groups in total. The van der Waals surface area contributed by atoms with Crippen LogP contribution in [0.2, 0.25) is 5.02 Å². The van der Waals surface area contributed by atoms with E-state index in [-0.39, 0.29) is 0 Å². The molecule has 1 aromatic rings. The standard InChI is InChI=1S/C10H12ClN/c1-2-12-7-6-8-9(11)4-3-5-10(8)12/h3-5H,2,6-7H2,1H3. The highest BCUT2D eigenvalue weighted by Gasteiger charge is 2.18.